The molecular formula is C12H17NO4S. The molecule has 0 aromatic carbocycles. The summed E-state index contributed by atoms with van der Waals surface area (Å²) >= 11 is 1.43. The zero-order chi connectivity index (χ0) is 13.8. The van der Waals surface area contributed by atoms with Crippen LogP contribution in [0.15, 0.2) is 12.1 Å². The van der Waals surface area contributed by atoms with Crippen molar-refractivity contribution in [1.29, 1.82) is 0 Å². The minimum atomic E-state index is -0.841. The van der Waals surface area contributed by atoms with Gasteiger partial charge in [0.1, 0.15) is 5.54 Å². The van der Waals surface area contributed by atoms with Gasteiger partial charge in [-0.3, -0.25) is 14.9 Å². The number of carbonyl (C=O) groups excluding carboxylic acids is 1. The molecule has 1 aromatic heterocycles. The Morgan fingerprint density at radius 2 is 2.00 bits per heavy atom. The lowest BCUT2D eigenvalue weighted by Gasteiger charge is -2.22. The molecule has 0 spiro atoms. The van der Waals surface area contributed by atoms with Crippen LogP contribution in [0.3, 0.4) is 0 Å². The monoisotopic (exact) mass is 271 g/mol. The quantitative estimate of drug-likeness (QED) is 0.765. The average Bonchev–Trinajstić information content (AvgIpc) is 2.72. The fourth-order valence-electron chi connectivity index (χ4n) is 1.40. The molecule has 2 N–H and O–H groups in total. The number of esters is 1. The summed E-state index contributed by atoms with van der Waals surface area (Å²) in [6.07, 6.45) is 0.0328. The summed E-state index contributed by atoms with van der Waals surface area (Å²) < 4.78 is 4.69. The van der Waals surface area contributed by atoms with Gasteiger partial charge in [-0.05, 0) is 26.0 Å². The van der Waals surface area contributed by atoms with Gasteiger partial charge in [-0.25, -0.2) is 0 Å². The third kappa shape index (κ3) is 4.12. The summed E-state index contributed by atoms with van der Waals surface area (Å²) in [6.45, 7) is 3.99. The topological polar surface area (TPSA) is 75.6 Å². The van der Waals surface area contributed by atoms with E-state index in [2.05, 4.69) is 10.1 Å². The fourth-order valence-corrected chi connectivity index (χ4v) is 2.35. The van der Waals surface area contributed by atoms with Gasteiger partial charge in [0.2, 0.25) is 0 Å². The molecule has 0 saturated carbocycles. The standard InChI is InChI=1S/C12H17NO4S/c1-12(2,11(16)17-3)13-7-9-5-4-8(18-9)6-10(14)15/h4-5,13H,6-7H2,1-3H3,(H,14,15). The second-order valence-corrected chi connectivity index (χ2v) is 5.66. The number of ether oxygens (including phenoxy) is 1. The fraction of sp³-hybridized carbons (Fsp3) is 0.500. The lowest BCUT2D eigenvalue weighted by Crippen LogP contribution is -2.46. The van der Waals surface area contributed by atoms with Crippen molar-refractivity contribution in [2.75, 3.05) is 7.11 Å². The molecule has 5 nitrogen and oxygen atoms in total. The first kappa shape index (κ1) is 14.7. The minimum absolute atomic E-state index is 0.0328. The smallest absolute Gasteiger partial charge is 0.325 e. The summed E-state index contributed by atoms with van der Waals surface area (Å²) in [5, 5.41) is 11.8. The Morgan fingerprint density at radius 3 is 2.56 bits per heavy atom. The van der Waals surface area contributed by atoms with E-state index in [4.69, 9.17) is 5.11 Å². The molecule has 0 bridgehead atoms. The number of methoxy groups -OCH3 is 1. The first-order chi connectivity index (χ1) is 8.35. The number of carboxylic acids is 1. The molecule has 1 rings (SSSR count). The van der Waals surface area contributed by atoms with Crippen molar-refractivity contribution in [1.82, 2.24) is 5.32 Å². The Labute approximate surface area is 110 Å². The van der Waals surface area contributed by atoms with Gasteiger partial charge in [0, 0.05) is 16.3 Å². The van der Waals surface area contributed by atoms with Crippen LogP contribution in [0.2, 0.25) is 0 Å². The maximum absolute atomic E-state index is 11.4. The average molecular weight is 271 g/mol. The zero-order valence-electron chi connectivity index (χ0n) is 10.6. The van der Waals surface area contributed by atoms with E-state index in [1.165, 1.54) is 18.4 Å². The molecule has 100 valence electrons. The second-order valence-electron chi connectivity index (χ2n) is 4.41. The van der Waals surface area contributed by atoms with Crippen molar-refractivity contribution in [2.45, 2.75) is 32.4 Å². The van der Waals surface area contributed by atoms with Gasteiger partial charge in [-0.2, -0.15) is 0 Å². The molecule has 0 amide bonds. The molecule has 0 atom stereocenters. The van der Waals surface area contributed by atoms with Crippen molar-refractivity contribution in [3.8, 4) is 0 Å². The van der Waals surface area contributed by atoms with Crippen LogP contribution in [0.1, 0.15) is 23.6 Å². The number of carbonyl (C=O) groups is 2. The molecule has 0 aliphatic heterocycles. The number of aliphatic carboxylic acids is 1. The normalized spacial score (nSPS) is 11.3. The maximum Gasteiger partial charge on any atom is 0.325 e. The molecule has 0 aliphatic carbocycles. The van der Waals surface area contributed by atoms with E-state index in [0.29, 0.717) is 6.54 Å². The lowest BCUT2D eigenvalue weighted by atomic mass is 10.1. The Bertz CT molecular complexity index is 439. The minimum Gasteiger partial charge on any atom is -0.481 e. The molecular weight excluding hydrogens is 254 g/mol. The van der Waals surface area contributed by atoms with Crippen LogP contribution in [0.25, 0.3) is 0 Å². The van der Waals surface area contributed by atoms with E-state index in [1.807, 2.05) is 6.07 Å². The first-order valence-corrected chi connectivity index (χ1v) is 6.29. The van der Waals surface area contributed by atoms with Gasteiger partial charge in [0.25, 0.3) is 0 Å². The van der Waals surface area contributed by atoms with E-state index in [1.54, 1.807) is 19.9 Å². The summed E-state index contributed by atoms with van der Waals surface area (Å²) in [5.74, 6) is -1.17. The van der Waals surface area contributed by atoms with Gasteiger partial charge in [-0.1, -0.05) is 0 Å². The molecule has 0 unspecified atom stereocenters. The third-order valence-electron chi connectivity index (χ3n) is 2.44. The highest BCUT2D eigenvalue weighted by atomic mass is 32.1. The third-order valence-corrected chi connectivity index (χ3v) is 3.53. The van der Waals surface area contributed by atoms with E-state index < -0.39 is 11.5 Å². The largest absolute Gasteiger partial charge is 0.481 e. The molecule has 0 aliphatic rings. The molecule has 6 heteroatoms. The van der Waals surface area contributed by atoms with Crippen LogP contribution in [-0.4, -0.2) is 29.7 Å². The second kappa shape index (κ2) is 5.97. The maximum atomic E-state index is 11.4. The van der Waals surface area contributed by atoms with Crippen LogP contribution in [0.5, 0.6) is 0 Å². The Balaban J connectivity index is 2.56. The SMILES string of the molecule is COC(=O)C(C)(C)NCc1ccc(CC(=O)O)s1. The van der Waals surface area contributed by atoms with E-state index in [0.717, 1.165) is 9.75 Å². The van der Waals surface area contributed by atoms with E-state index in [-0.39, 0.29) is 12.4 Å². The molecule has 1 heterocycles. The van der Waals surface area contributed by atoms with Gasteiger partial charge in [-0.15, -0.1) is 11.3 Å². The van der Waals surface area contributed by atoms with Gasteiger partial charge < -0.3 is 9.84 Å². The van der Waals surface area contributed by atoms with E-state index >= 15 is 0 Å². The summed E-state index contributed by atoms with van der Waals surface area (Å²) in [4.78, 5) is 23.8. The number of nitrogens with one attached hydrogen (secondary N) is 1. The van der Waals surface area contributed by atoms with Crippen molar-refractivity contribution >= 4 is 23.3 Å². The Kier molecular flexibility index (Phi) is 4.86. The van der Waals surface area contributed by atoms with Crippen molar-refractivity contribution in [3.05, 3.63) is 21.9 Å². The number of hydrogen-bond donors (Lipinski definition) is 2. The first-order valence-electron chi connectivity index (χ1n) is 5.48. The molecule has 0 fully saturated rings. The van der Waals surface area contributed by atoms with E-state index in [9.17, 15) is 9.59 Å². The van der Waals surface area contributed by atoms with Crippen LogP contribution >= 0.6 is 11.3 Å². The van der Waals surface area contributed by atoms with Gasteiger partial charge >= 0.3 is 11.9 Å². The molecule has 0 radical (unpaired) electrons. The Hall–Kier alpha value is -1.40. The predicted molar refractivity (Wildman–Crippen MR) is 68.6 cm³/mol. The van der Waals surface area contributed by atoms with Crippen LogP contribution in [-0.2, 0) is 27.3 Å². The lowest BCUT2D eigenvalue weighted by molar-refractivity contribution is -0.147. The predicted octanol–water partition coefficient (Wildman–Crippen LogP) is 1.42. The number of thiophene rings is 1. The highest BCUT2D eigenvalue weighted by molar-refractivity contribution is 7.12. The van der Waals surface area contributed by atoms with Gasteiger partial charge in [0.05, 0.1) is 13.5 Å². The van der Waals surface area contributed by atoms with Crippen LogP contribution < -0.4 is 5.32 Å². The Morgan fingerprint density at radius 1 is 1.39 bits per heavy atom. The molecule has 0 saturated heterocycles. The van der Waals surface area contributed by atoms with Crippen molar-refractivity contribution < 1.29 is 19.4 Å². The highest BCUT2D eigenvalue weighted by Gasteiger charge is 2.27. The zero-order valence-corrected chi connectivity index (χ0v) is 11.5. The van der Waals surface area contributed by atoms with Gasteiger partial charge in [0.15, 0.2) is 0 Å². The van der Waals surface area contributed by atoms with Crippen LogP contribution in [0, 0.1) is 0 Å². The van der Waals surface area contributed by atoms with Crippen molar-refractivity contribution in [2.24, 2.45) is 0 Å². The van der Waals surface area contributed by atoms with Crippen LogP contribution in [0.4, 0.5) is 0 Å². The number of hydrogen-bond acceptors (Lipinski definition) is 5. The highest BCUT2D eigenvalue weighted by Crippen LogP contribution is 2.18. The molecule has 1 aromatic rings. The summed E-state index contributed by atoms with van der Waals surface area (Å²) in [6, 6.07) is 3.66. The number of rotatable bonds is 6. The summed E-state index contributed by atoms with van der Waals surface area (Å²) in [7, 11) is 1.35. The summed E-state index contributed by atoms with van der Waals surface area (Å²) in [5.41, 5.74) is -0.758. The molecule has 18 heavy (non-hydrogen) atoms. The van der Waals surface area contributed by atoms with Crippen molar-refractivity contribution in [3.63, 3.8) is 0 Å². The number of carboxylic acid groups (broad SMARTS) is 1.